The van der Waals surface area contributed by atoms with E-state index in [1.807, 2.05) is 63.1 Å². The van der Waals surface area contributed by atoms with Crippen LogP contribution in [-0.2, 0) is 16.1 Å². The lowest BCUT2D eigenvalue weighted by Gasteiger charge is -2.34. The summed E-state index contributed by atoms with van der Waals surface area (Å²) in [5.41, 5.74) is 0.633. The number of likely N-dealkylation sites (N-methyl/N-ethyl adjacent to an activating group) is 1. The molecule has 0 bridgehead atoms. The van der Waals surface area contributed by atoms with Gasteiger partial charge in [-0.25, -0.2) is 4.79 Å². The van der Waals surface area contributed by atoms with Gasteiger partial charge < -0.3 is 14.7 Å². The third-order valence-electron chi connectivity index (χ3n) is 5.21. The molecule has 1 aromatic carbocycles. The van der Waals surface area contributed by atoms with Gasteiger partial charge in [0.2, 0.25) is 0 Å². The zero-order chi connectivity index (χ0) is 20.7. The number of hydrogen-bond donors (Lipinski definition) is 1. The SMILES string of the molecule is CN(Cc1ccccc1)C(CCC1CCN(C(=O)OC(C)(C)C)CC1)C(=O)O. The number of benzene rings is 1. The largest absolute Gasteiger partial charge is 0.480 e. The van der Waals surface area contributed by atoms with Gasteiger partial charge in [0.15, 0.2) is 0 Å². The van der Waals surface area contributed by atoms with Gasteiger partial charge in [0.1, 0.15) is 11.6 Å². The van der Waals surface area contributed by atoms with Gasteiger partial charge in [-0.1, -0.05) is 30.3 Å². The summed E-state index contributed by atoms with van der Waals surface area (Å²) in [6.45, 7) is 7.59. The molecule has 28 heavy (non-hydrogen) atoms. The summed E-state index contributed by atoms with van der Waals surface area (Å²) in [5.74, 6) is -0.324. The van der Waals surface area contributed by atoms with Gasteiger partial charge in [0.25, 0.3) is 0 Å². The van der Waals surface area contributed by atoms with Gasteiger partial charge in [-0.3, -0.25) is 9.69 Å². The summed E-state index contributed by atoms with van der Waals surface area (Å²) < 4.78 is 5.43. The first-order valence-corrected chi connectivity index (χ1v) is 10.1. The maximum absolute atomic E-state index is 12.2. The molecule has 1 unspecified atom stereocenters. The van der Waals surface area contributed by atoms with Crippen molar-refractivity contribution in [3.63, 3.8) is 0 Å². The van der Waals surface area contributed by atoms with Crippen LogP contribution in [0.2, 0.25) is 0 Å². The second-order valence-electron chi connectivity index (χ2n) is 8.74. The zero-order valence-corrected chi connectivity index (χ0v) is 17.6. The lowest BCUT2D eigenvalue weighted by Crippen LogP contribution is -2.42. The predicted molar refractivity (Wildman–Crippen MR) is 109 cm³/mol. The Hall–Kier alpha value is -2.08. The number of carboxylic acids is 1. The van der Waals surface area contributed by atoms with E-state index in [0.717, 1.165) is 24.8 Å². The van der Waals surface area contributed by atoms with Crippen molar-refractivity contribution in [2.24, 2.45) is 5.92 Å². The summed E-state index contributed by atoms with van der Waals surface area (Å²) >= 11 is 0. The first-order chi connectivity index (χ1) is 13.2. The molecular formula is C22H34N2O4. The van der Waals surface area contributed by atoms with Gasteiger partial charge in [-0.2, -0.15) is 0 Å². The first kappa shape index (κ1) is 22.2. The Kier molecular flexibility index (Phi) is 7.87. The van der Waals surface area contributed by atoms with E-state index >= 15 is 0 Å². The molecule has 0 radical (unpaired) electrons. The molecule has 6 nitrogen and oxygen atoms in total. The quantitative estimate of drug-likeness (QED) is 0.762. The van der Waals surface area contributed by atoms with Crippen LogP contribution >= 0.6 is 0 Å². The minimum Gasteiger partial charge on any atom is -0.480 e. The molecule has 1 saturated heterocycles. The Morgan fingerprint density at radius 3 is 2.36 bits per heavy atom. The molecule has 0 aromatic heterocycles. The van der Waals surface area contributed by atoms with E-state index in [9.17, 15) is 14.7 Å². The molecule has 0 saturated carbocycles. The summed E-state index contributed by atoms with van der Waals surface area (Å²) in [4.78, 5) is 27.6. The minimum absolute atomic E-state index is 0.253. The van der Waals surface area contributed by atoms with Gasteiger partial charge >= 0.3 is 12.1 Å². The fraction of sp³-hybridized carbons (Fsp3) is 0.636. The van der Waals surface area contributed by atoms with Crippen molar-refractivity contribution in [1.29, 1.82) is 0 Å². The molecule has 0 aliphatic carbocycles. The van der Waals surface area contributed by atoms with Gasteiger partial charge in [-0.15, -0.1) is 0 Å². The average molecular weight is 391 g/mol. The Labute approximate surface area is 168 Å². The lowest BCUT2D eigenvalue weighted by atomic mass is 9.90. The molecule has 1 N–H and O–H groups in total. The van der Waals surface area contributed by atoms with Crippen molar-refractivity contribution in [2.75, 3.05) is 20.1 Å². The highest BCUT2D eigenvalue weighted by molar-refractivity contribution is 5.73. The van der Waals surface area contributed by atoms with Crippen molar-refractivity contribution < 1.29 is 19.4 Å². The standard InChI is InChI=1S/C22H34N2O4/c1-22(2,3)28-21(27)24-14-12-17(13-15-24)10-11-19(20(25)26)23(4)16-18-8-6-5-7-9-18/h5-9,17,19H,10-16H2,1-4H3,(H,25,26). The molecule has 1 fully saturated rings. The van der Waals surface area contributed by atoms with E-state index in [4.69, 9.17) is 4.74 Å². The number of rotatable bonds is 7. The van der Waals surface area contributed by atoms with E-state index in [1.54, 1.807) is 4.90 Å². The van der Waals surface area contributed by atoms with E-state index in [1.165, 1.54) is 0 Å². The van der Waals surface area contributed by atoms with Crippen LogP contribution in [0.25, 0.3) is 0 Å². The normalized spacial score (nSPS) is 16.8. The third-order valence-corrected chi connectivity index (χ3v) is 5.21. The first-order valence-electron chi connectivity index (χ1n) is 10.1. The smallest absolute Gasteiger partial charge is 0.410 e. The van der Waals surface area contributed by atoms with Gasteiger partial charge in [-0.05, 0) is 65.0 Å². The molecule has 1 atom stereocenters. The van der Waals surface area contributed by atoms with Crippen molar-refractivity contribution in [3.8, 4) is 0 Å². The third kappa shape index (κ3) is 7.15. The molecular weight excluding hydrogens is 356 g/mol. The average Bonchev–Trinajstić information content (AvgIpc) is 2.61. The number of piperidine rings is 1. The summed E-state index contributed by atoms with van der Waals surface area (Å²) in [7, 11) is 1.87. The van der Waals surface area contributed by atoms with Crippen LogP contribution in [0, 0.1) is 5.92 Å². The fourth-order valence-electron chi connectivity index (χ4n) is 3.64. The van der Waals surface area contributed by atoms with Crippen molar-refractivity contribution >= 4 is 12.1 Å². The number of hydrogen-bond acceptors (Lipinski definition) is 4. The van der Waals surface area contributed by atoms with Crippen LogP contribution in [0.4, 0.5) is 4.79 Å². The molecule has 0 spiro atoms. The van der Waals surface area contributed by atoms with Crippen LogP contribution in [0.15, 0.2) is 30.3 Å². The predicted octanol–water partition coefficient (Wildman–Crippen LogP) is 4.00. The Morgan fingerprint density at radius 1 is 1.21 bits per heavy atom. The molecule has 1 heterocycles. The van der Waals surface area contributed by atoms with Crippen LogP contribution in [0.1, 0.15) is 52.0 Å². The number of carbonyl (C=O) groups is 2. The number of aliphatic carboxylic acids is 1. The monoisotopic (exact) mass is 390 g/mol. The van der Waals surface area contributed by atoms with E-state index in [0.29, 0.717) is 32.0 Å². The molecule has 2 rings (SSSR count). The van der Waals surface area contributed by atoms with Crippen LogP contribution in [-0.4, -0.2) is 58.7 Å². The van der Waals surface area contributed by atoms with Gasteiger partial charge in [0, 0.05) is 19.6 Å². The molecule has 1 amide bonds. The Balaban J connectivity index is 1.80. The van der Waals surface area contributed by atoms with Crippen LogP contribution < -0.4 is 0 Å². The van der Waals surface area contributed by atoms with Crippen molar-refractivity contribution in [1.82, 2.24) is 9.80 Å². The fourth-order valence-corrected chi connectivity index (χ4v) is 3.64. The maximum Gasteiger partial charge on any atom is 0.410 e. The second kappa shape index (κ2) is 9.92. The van der Waals surface area contributed by atoms with E-state index in [2.05, 4.69) is 0 Å². The number of amides is 1. The summed E-state index contributed by atoms with van der Waals surface area (Å²) in [5, 5.41) is 9.66. The molecule has 1 aromatic rings. The van der Waals surface area contributed by atoms with Crippen LogP contribution in [0.5, 0.6) is 0 Å². The molecule has 6 heteroatoms. The highest BCUT2D eigenvalue weighted by Gasteiger charge is 2.29. The maximum atomic E-state index is 12.2. The number of carbonyl (C=O) groups excluding carboxylic acids is 1. The Bertz CT molecular complexity index is 634. The zero-order valence-electron chi connectivity index (χ0n) is 17.6. The van der Waals surface area contributed by atoms with Crippen molar-refractivity contribution in [3.05, 3.63) is 35.9 Å². The minimum atomic E-state index is -0.773. The van der Waals surface area contributed by atoms with E-state index < -0.39 is 17.6 Å². The molecule has 1 aliphatic heterocycles. The second-order valence-corrected chi connectivity index (χ2v) is 8.74. The highest BCUT2D eigenvalue weighted by Crippen LogP contribution is 2.25. The van der Waals surface area contributed by atoms with Crippen LogP contribution in [0.3, 0.4) is 0 Å². The van der Waals surface area contributed by atoms with Gasteiger partial charge in [0.05, 0.1) is 0 Å². The highest BCUT2D eigenvalue weighted by atomic mass is 16.6. The number of ether oxygens (including phenoxy) is 1. The van der Waals surface area contributed by atoms with E-state index in [-0.39, 0.29) is 6.09 Å². The topological polar surface area (TPSA) is 70.1 Å². The molecule has 1 aliphatic rings. The number of nitrogens with zero attached hydrogens (tertiary/aromatic N) is 2. The number of carboxylic acid groups (broad SMARTS) is 1. The summed E-state index contributed by atoms with van der Waals surface area (Å²) in [6, 6.07) is 9.43. The molecule has 156 valence electrons. The summed E-state index contributed by atoms with van der Waals surface area (Å²) in [6.07, 6.45) is 3.02. The van der Waals surface area contributed by atoms with Crippen molar-refractivity contribution in [2.45, 2.75) is 64.6 Å². The number of likely N-dealkylation sites (tertiary alicyclic amines) is 1. The lowest BCUT2D eigenvalue weighted by molar-refractivity contribution is -0.143. The Morgan fingerprint density at radius 2 is 1.82 bits per heavy atom.